The first-order valence-corrected chi connectivity index (χ1v) is 34.6. The molecular formula is C74H130O6. The van der Waals surface area contributed by atoms with E-state index < -0.39 is 6.10 Å². The summed E-state index contributed by atoms with van der Waals surface area (Å²) in [6, 6.07) is 0. The molecule has 0 aliphatic rings. The van der Waals surface area contributed by atoms with Crippen LogP contribution in [-0.2, 0) is 28.6 Å². The van der Waals surface area contributed by atoms with Crippen molar-refractivity contribution in [2.75, 3.05) is 13.2 Å². The molecular weight excluding hydrogens is 985 g/mol. The highest BCUT2D eigenvalue weighted by Crippen LogP contribution is 2.17. The van der Waals surface area contributed by atoms with Crippen LogP contribution in [0.5, 0.6) is 0 Å². The number of ether oxygens (including phenoxy) is 3. The third kappa shape index (κ3) is 65.4. The van der Waals surface area contributed by atoms with E-state index in [1.807, 2.05) is 0 Å². The Bertz CT molecular complexity index is 1520. The molecule has 0 aromatic heterocycles. The lowest BCUT2D eigenvalue weighted by atomic mass is 10.0. The first-order valence-electron chi connectivity index (χ1n) is 34.6. The van der Waals surface area contributed by atoms with Gasteiger partial charge in [0.25, 0.3) is 0 Å². The fourth-order valence-corrected chi connectivity index (χ4v) is 9.97. The molecule has 0 rings (SSSR count). The van der Waals surface area contributed by atoms with Gasteiger partial charge in [-0.1, -0.05) is 318 Å². The van der Waals surface area contributed by atoms with Gasteiger partial charge in [-0.2, -0.15) is 0 Å². The van der Waals surface area contributed by atoms with Gasteiger partial charge in [-0.3, -0.25) is 14.4 Å². The molecule has 0 radical (unpaired) electrons. The number of rotatable bonds is 63. The molecule has 80 heavy (non-hydrogen) atoms. The van der Waals surface area contributed by atoms with Crippen molar-refractivity contribution in [3.63, 3.8) is 0 Å². The summed E-state index contributed by atoms with van der Waals surface area (Å²) in [6.07, 6.45) is 90.3. The molecule has 0 aromatic rings. The molecule has 462 valence electrons. The Labute approximate surface area is 496 Å². The minimum atomic E-state index is -0.782. The van der Waals surface area contributed by atoms with Crippen LogP contribution in [0.2, 0.25) is 0 Å². The standard InChI is InChI=1S/C74H130O6/c1-4-7-10-13-16-19-22-25-28-30-31-32-33-34-35-36-37-38-39-40-41-42-43-44-47-49-52-55-58-61-64-67-73(76)79-70-71(69-78-72(75)66-63-60-57-54-51-48-45-27-24-21-18-15-12-9-6-3)80-74(77)68-65-62-59-56-53-50-46-29-26-23-20-17-14-11-8-5-2/h7,10,16,19-20,23,25,28-29,31-32,34-35,46,71H,4-6,8-9,11-15,17-18,21-22,24,26-27,30,33,36-45,47-70H2,1-3H3/b10-7-,19-16-,23-20-,28-25-,32-31-,35-34-,46-29-. The van der Waals surface area contributed by atoms with E-state index in [1.165, 1.54) is 193 Å². The highest BCUT2D eigenvalue weighted by molar-refractivity contribution is 5.71. The Morgan fingerprint density at radius 2 is 0.487 bits per heavy atom. The second-order valence-electron chi connectivity index (χ2n) is 23.1. The highest BCUT2D eigenvalue weighted by atomic mass is 16.6. The van der Waals surface area contributed by atoms with Gasteiger partial charge in [-0.15, -0.1) is 0 Å². The van der Waals surface area contributed by atoms with Crippen molar-refractivity contribution in [2.24, 2.45) is 0 Å². The number of allylic oxidation sites excluding steroid dienone is 14. The highest BCUT2D eigenvalue weighted by Gasteiger charge is 2.19. The van der Waals surface area contributed by atoms with Gasteiger partial charge >= 0.3 is 17.9 Å². The molecule has 0 saturated carbocycles. The summed E-state index contributed by atoms with van der Waals surface area (Å²) in [5.41, 5.74) is 0. The predicted octanol–water partition coefficient (Wildman–Crippen LogP) is 23.8. The van der Waals surface area contributed by atoms with Gasteiger partial charge in [0.2, 0.25) is 0 Å². The van der Waals surface area contributed by atoms with Crippen molar-refractivity contribution in [3.8, 4) is 0 Å². The van der Waals surface area contributed by atoms with Crippen LogP contribution in [0, 0.1) is 0 Å². The van der Waals surface area contributed by atoms with Crippen LogP contribution in [-0.4, -0.2) is 37.2 Å². The Morgan fingerprint density at radius 1 is 0.263 bits per heavy atom. The largest absolute Gasteiger partial charge is 0.462 e. The molecule has 1 unspecified atom stereocenters. The third-order valence-corrected chi connectivity index (χ3v) is 15.1. The topological polar surface area (TPSA) is 78.9 Å². The van der Waals surface area contributed by atoms with Crippen molar-refractivity contribution in [2.45, 2.75) is 354 Å². The minimum absolute atomic E-state index is 0.0771. The number of hydrogen-bond donors (Lipinski definition) is 0. The quantitative estimate of drug-likeness (QED) is 0.0261. The van der Waals surface area contributed by atoms with E-state index in [-0.39, 0.29) is 31.1 Å². The van der Waals surface area contributed by atoms with Gasteiger partial charge in [-0.05, 0) is 96.3 Å². The molecule has 0 spiro atoms. The van der Waals surface area contributed by atoms with Crippen LogP contribution in [0.1, 0.15) is 348 Å². The van der Waals surface area contributed by atoms with Crippen LogP contribution in [0.4, 0.5) is 0 Å². The fraction of sp³-hybridized carbons (Fsp3) is 0.770. The molecule has 0 aromatic carbocycles. The first-order chi connectivity index (χ1) is 39.5. The normalized spacial score (nSPS) is 12.6. The molecule has 0 N–H and O–H groups in total. The van der Waals surface area contributed by atoms with Gasteiger partial charge in [0, 0.05) is 19.3 Å². The van der Waals surface area contributed by atoms with Gasteiger partial charge in [0.05, 0.1) is 0 Å². The van der Waals surface area contributed by atoms with E-state index in [9.17, 15) is 14.4 Å². The number of unbranched alkanes of at least 4 members (excludes halogenated alkanes) is 38. The summed E-state index contributed by atoms with van der Waals surface area (Å²) in [6.45, 7) is 6.54. The monoisotopic (exact) mass is 1110 g/mol. The lowest BCUT2D eigenvalue weighted by molar-refractivity contribution is -0.167. The van der Waals surface area contributed by atoms with Crippen LogP contribution in [0.3, 0.4) is 0 Å². The SMILES string of the molecule is CC/C=C\C/C=C\C/C=C\C/C=C\C/C=C\CCCCCCCCCCCCCCCCCC(=O)OCC(COC(=O)CCCCCCCCCCCCCCCCC)OC(=O)CCCCCCC/C=C\C/C=C\CCCCCC. The van der Waals surface area contributed by atoms with Crippen LogP contribution in [0.25, 0.3) is 0 Å². The average Bonchev–Trinajstić information content (AvgIpc) is 3.46. The van der Waals surface area contributed by atoms with Gasteiger partial charge < -0.3 is 14.2 Å². The van der Waals surface area contributed by atoms with Gasteiger partial charge in [-0.25, -0.2) is 0 Å². The Kier molecular flexibility index (Phi) is 65.2. The van der Waals surface area contributed by atoms with E-state index in [0.717, 1.165) is 116 Å². The van der Waals surface area contributed by atoms with E-state index in [1.54, 1.807) is 0 Å². The summed E-state index contributed by atoms with van der Waals surface area (Å²) in [7, 11) is 0. The molecule has 6 heteroatoms. The number of carbonyl (C=O) groups excluding carboxylic acids is 3. The molecule has 0 heterocycles. The summed E-state index contributed by atoms with van der Waals surface area (Å²) in [5.74, 6) is -0.872. The van der Waals surface area contributed by atoms with E-state index in [0.29, 0.717) is 19.3 Å². The van der Waals surface area contributed by atoms with E-state index in [2.05, 4.69) is 106 Å². The minimum Gasteiger partial charge on any atom is -0.462 e. The average molecular weight is 1120 g/mol. The number of hydrogen-bond acceptors (Lipinski definition) is 6. The van der Waals surface area contributed by atoms with Gasteiger partial charge in [0.15, 0.2) is 6.10 Å². The number of carbonyl (C=O) groups is 3. The van der Waals surface area contributed by atoms with Crippen molar-refractivity contribution < 1.29 is 28.6 Å². The lowest BCUT2D eigenvalue weighted by Crippen LogP contribution is -2.30. The zero-order valence-corrected chi connectivity index (χ0v) is 53.1. The molecule has 0 aliphatic carbocycles. The smallest absolute Gasteiger partial charge is 0.306 e. The van der Waals surface area contributed by atoms with Crippen LogP contribution in [0.15, 0.2) is 85.1 Å². The number of esters is 3. The molecule has 0 fully saturated rings. The molecule has 1 atom stereocenters. The third-order valence-electron chi connectivity index (χ3n) is 15.1. The summed E-state index contributed by atoms with van der Waals surface area (Å²) in [4.78, 5) is 38.4. The Balaban J connectivity index is 4.23. The van der Waals surface area contributed by atoms with Gasteiger partial charge in [0.1, 0.15) is 13.2 Å². The second kappa shape index (κ2) is 68.1. The second-order valence-corrected chi connectivity index (χ2v) is 23.1. The van der Waals surface area contributed by atoms with Crippen molar-refractivity contribution >= 4 is 17.9 Å². The Hall–Kier alpha value is -3.41. The summed E-state index contributed by atoms with van der Waals surface area (Å²) < 4.78 is 17.0. The summed E-state index contributed by atoms with van der Waals surface area (Å²) in [5, 5.41) is 0. The molecule has 0 saturated heterocycles. The van der Waals surface area contributed by atoms with Crippen LogP contribution < -0.4 is 0 Å². The maximum Gasteiger partial charge on any atom is 0.306 e. The zero-order valence-electron chi connectivity index (χ0n) is 53.1. The van der Waals surface area contributed by atoms with Crippen LogP contribution >= 0.6 is 0 Å². The van der Waals surface area contributed by atoms with Crippen molar-refractivity contribution in [3.05, 3.63) is 85.1 Å². The fourth-order valence-electron chi connectivity index (χ4n) is 9.97. The Morgan fingerprint density at radius 3 is 0.775 bits per heavy atom. The van der Waals surface area contributed by atoms with Crippen molar-refractivity contribution in [1.29, 1.82) is 0 Å². The molecule has 0 bridgehead atoms. The maximum atomic E-state index is 12.9. The molecule has 0 aliphatic heterocycles. The predicted molar refractivity (Wildman–Crippen MR) is 348 cm³/mol. The van der Waals surface area contributed by atoms with E-state index in [4.69, 9.17) is 14.2 Å². The lowest BCUT2D eigenvalue weighted by Gasteiger charge is -2.18. The molecule has 6 nitrogen and oxygen atoms in total. The zero-order chi connectivity index (χ0) is 57.8. The summed E-state index contributed by atoms with van der Waals surface area (Å²) >= 11 is 0. The van der Waals surface area contributed by atoms with E-state index >= 15 is 0 Å². The molecule has 0 amide bonds. The first kappa shape index (κ1) is 76.6. The maximum absolute atomic E-state index is 12.9. The van der Waals surface area contributed by atoms with Crippen molar-refractivity contribution in [1.82, 2.24) is 0 Å².